The van der Waals surface area contributed by atoms with Gasteiger partial charge in [-0.05, 0) is 61.7 Å². The molecule has 6 heteroatoms. The van der Waals surface area contributed by atoms with E-state index in [4.69, 9.17) is 9.72 Å². The van der Waals surface area contributed by atoms with Crippen LogP contribution in [-0.4, -0.2) is 23.3 Å². The highest BCUT2D eigenvalue weighted by Gasteiger charge is 2.20. The fourth-order valence-electron chi connectivity index (χ4n) is 3.55. The number of carbonyl (C=O) groups excluding carboxylic acids is 2. The second kappa shape index (κ2) is 10.4. The number of ketones is 1. The lowest BCUT2D eigenvalue weighted by Crippen LogP contribution is -2.30. The molecule has 0 spiro atoms. The molecular weight excluding hydrogens is 432 g/mol. The molecule has 4 rings (SSSR count). The van der Waals surface area contributed by atoms with Crippen LogP contribution >= 0.6 is 11.3 Å². The Morgan fingerprint density at radius 2 is 1.73 bits per heavy atom. The first-order chi connectivity index (χ1) is 16.0. The van der Waals surface area contributed by atoms with Gasteiger partial charge >= 0.3 is 0 Å². The van der Waals surface area contributed by atoms with Crippen molar-refractivity contribution in [3.05, 3.63) is 89.5 Å². The van der Waals surface area contributed by atoms with E-state index in [-0.39, 0.29) is 11.7 Å². The molecule has 0 N–H and O–H groups in total. The SMILES string of the molecule is CC(=O)c1ccc(OCCCC(=O)N(Cc2ccccc2)c2nc3c(C)cccc3s2)cc1. The average Bonchev–Trinajstić information content (AvgIpc) is 3.26. The monoisotopic (exact) mass is 458 g/mol. The minimum absolute atomic E-state index is 0.0195. The molecule has 0 saturated carbocycles. The molecule has 168 valence electrons. The fourth-order valence-corrected chi connectivity index (χ4v) is 4.61. The van der Waals surface area contributed by atoms with Crippen LogP contribution in [0.1, 0.15) is 41.3 Å². The van der Waals surface area contributed by atoms with E-state index in [1.165, 1.54) is 6.92 Å². The summed E-state index contributed by atoms with van der Waals surface area (Å²) in [5, 5.41) is 0.717. The van der Waals surface area contributed by atoms with E-state index < -0.39 is 0 Å². The summed E-state index contributed by atoms with van der Waals surface area (Å²) < 4.78 is 6.84. The minimum atomic E-state index is 0.0195. The predicted octanol–water partition coefficient (Wildman–Crippen LogP) is 6.20. The summed E-state index contributed by atoms with van der Waals surface area (Å²) in [6.45, 7) is 4.47. The van der Waals surface area contributed by atoms with Crippen molar-refractivity contribution in [2.24, 2.45) is 0 Å². The maximum absolute atomic E-state index is 13.2. The smallest absolute Gasteiger partial charge is 0.229 e. The van der Waals surface area contributed by atoms with Gasteiger partial charge in [0, 0.05) is 12.0 Å². The zero-order valence-electron chi connectivity index (χ0n) is 18.8. The Kier molecular flexibility index (Phi) is 7.15. The lowest BCUT2D eigenvalue weighted by molar-refractivity contribution is -0.119. The maximum Gasteiger partial charge on any atom is 0.229 e. The lowest BCUT2D eigenvalue weighted by atomic mass is 10.1. The number of carbonyl (C=O) groups is 2. The Labute approximate surface area is 197 Å². The van der Waals surface area contributed by atoms with Crippen LogP contribution in [0.2, 0.25) is 0 Å². The van der Waals surface area contributed by atoms with E-state index in [1.807, 2.05) is 55.5 Å². The molecule has 0 aliphatic heterocycles. The predicted molar refractivity (Wildman–Crippen MR) is 133 cm³/mol. The van der Waals surface area contributed by atoms with Gasteiger partial charge in [0.25, 0.3) is 0 Å². The third-order valence-electron chi connectivity index (χ3n) is 5.39. The Bertz CT molecular complexity index is 1250. The maximum atomic E-state index is 13.2. The Balaban J connectivity index is 1.43. The molecule has 0 atom stereocenters. The number of amides is 1. The number of Topliss-reactive ketones (excluding diaryl/α,β-unsaturated/α-hetero) is 1. The standard InChI is InChI=1S/C27H26N2O3S/c1-19-8-6-11-24-26(19)28-27(33-24)29(18-21-9-4-3-5-10-21)25(31)12-7-17-32-23-15-13-22(14-16-23)20(2)30/h3-6,8-11,13-16H,7,12,17-18H2,1-2H3. The Morgan fingerprint density at radius 1 is 0.970 bits per heavy atom. The van der Waals surface area contributed by atoms with Crippen LogP contribution in [0.3, 0.4) is 0 Å². The van der Waals surface area contributed by atoms with Gasteiger partial charge in [-0.2, -0.15) is 0 Å². The topological polar surface area (TPSA) is 59.5 Å². The molecule has 1 heterocycles. The number of fused-ring (bicyclic) bond motifs is 1. The summed E-state index contributed by atoms with van der Waals surface area (Å²) >= 11 is 1.54. The van der Waals surface area contributed by atoms with Crippen molar-refractivity contribution in [3.63, 3.8) is 0 Å². The number of thiazole rings is 1. The Hall–Kier alpha value is -3.51. The molecule has 0 saturated heterocycles. The molecule has 0 aliphatic rings. The summed E-state index contributed by atoms with van der Waals surface area (Å²) in [7, 11) is 0. The molecule has 0 aliphatic carbocycles. The van der Waals surface area contributed by atoms with Crippen LogP contribution in [0, 0.1) is 6.92 Å². The number of hydrogen-bond acceptors (Lipinski definition) is 5. The van der Waals surface area contributed by atoms with Crippen LogP contribution in [0.5, 0.6) is 5.75 Å². The minimum Gasteiger partial charge on any atom is -0.494 e. The molecule has 0 bridgehead atoms. The molecule has 1 aromatic heterocycles. The number of anilines is 1. The number of aromatic nitrogens is 1. The highest BCUT2D eigenvalue weighted by Crippen LogP contribution is 2.32. The normalized spacial score (nSPS) is 10.8. The highest BCUT2D eigenvalue weighted by molar-refractivity contribution is 7.22. The van der Waals surface area contributed by atoms with E-state index in [0.29, 0.717) is 42.4 Å². The van der Waals surface area contributed by atoms with E-state index in [2.05, 4.69) is 0 Å². The van der Waals surface area contributed by atoms with Crippen molar-refractivity contribution in [2.45, 2.75) is 33.2 Å². The zero-order chi connectivity index (χ0) is 23.2. The number of aryl methyl sites for hydroxylation is 1. The quantitative estimate of drug-likeness (QED) is 0.221. The van der Waals surface area contributed by atoms with Crippen molar-refractivity contribution in [2.75, 3.05) is 11.5 Å². The second-order valence-corrected chi connectivity index (χ2v) is 8.93. The van der Waals surface area contributed by atoms with Crippen molar-refractivity contribution in [1.82, 2.24) is 4.98 Å². The first-order valence-corrected chi connectivity index (χ1v) is 11.8. The van der Waals surface area contributed by atoms with Gasteiger partial charge in [0.15, 0.2) is 10.9 Å². The Morgan fingerprint density at radius 3 is 2.42 bits per heavy atom. The van der Waals surface area contributed by atoms with Gasteiger partial charge in [-0.3, -0.25) is 14.5 Å². The van der Waals surface area contributed by atoms with Gasteiger partial charge < -0.3 is 4.74 Å². The number of rotatable bonds is 9. The third kappa shape index (κ3) is 5.65. The molecular formula is C27H26N2O3S. The summed E-state index contributed by atoms with van der Waals surface area (Å²) in [5.74, 6) is 0.733. The molecule has 0 unspecified atom stereocenters. The molecule has 5 nitrogen and oxygen atoms in total. The summed E-state index contributed by atoms with van der Waals surface area (Å²) in [4.78, 5) is 31.2. The van der Waals surface area contributed by atoms with Crippen LogP contribution in [0.4, 0.5) is 5.13 Å². The average molecular weight is 459 g/mol. The first kappa shape index (κ1) is 22.7. The summed E-state index contributed by atoms with van der Waals surface area (Å²) in [5.41, 5.74) is 3.76. The summed E-state index contributed by atoms with van der Waals surface area (Å²) in [6, 6.07) is 23.1. The molecule has 3 aromatic carbocycles. The van der Waals surface area contributed by atoms with Crippen LogP contribution in [-0.2, 0) is 11.3 Å². The second-order valence-electron chi connectivity index (χ2n) is 7.92. The number of hydrogen-bond donors (Lipinski definition) is 0. The van der Waals surface area contributed by atoms with Crippen LogP contribution in [0.15, 0.2) is 72.8 Å². The highest BCUT2D eigenvalue weighted by atomic mass is 32.1. The van der Waals surface area contributed by atoms with Crippen molar-refractivity contribution < 1.29 is 14.3 Å². The van der Waals surface area contributed by atoms with Gasteiger partial charge in [0.1, 0.15) is 5.75 Å². The van der Waals surface area contributed by atoms with Crippen LogP contribution in [0.25, 0.3) is 10.2 Å². The van der Waals surface area contributed by atoms with Gasteiger partial charge in [0.2, 0.25) is 5.91 Å². The number of ether oxygens (including phenoxy) is 1. The number of nitrogens with zero attached hydrogens (tertiary/aromatic N) is 2. The lowest BCUT2D eigenvalue weighted by Gasteiger charge is -2.20. The van der Waals surface area contributed by atoms with E-state index in [0.717, 1.165) is 21.3 Å². The summed E-state index contributed by atoms with van der Waals surface area (Å²) in [6.07, 6.45) is 0.940. The van der Waals surface area contributed by atoms with Crippen molar-refractivity contribution >= 4 is 38.4 Å². The van der Waals surface area contributed by atoms with E-state index >= 15 is 0 Å². The molecule has 0 fully saturated rings. The fraction of sp³-hybridized carbons (Fsp3) is 0.222. The van der Waals surface area contributed by atoms with Gasteiger partial charge in [-0.25, -0.2) is 4.98 Å². The van der Waals surface area contributed by atoms with Crippen LogP contribution < -0.4 is 9.64 Å². The molecule has 4 aromatic rings. The zero-order valence-corrected chi connectivity index (χ0v) is 19.6. The molecule has 0 radical (unpaired) electrons. The van der Waals surface area contributed by atoms with Gasteiger partial charge in [-0.1, -0.05) is 53.8 Å². The number of benzene rings is 3. The number of para-hydroxylation sites is 1. The van der Waals surface area contributed by atoms with E-state index in [1.54, 1.807) is 40.5 Å². The van der Waals surface area contributed by atoms with E-state index in [9.17, 15) is 9.59 Å². The largest absolute Gasteiger partial charge is 0.494 e. The van der Waals surface area contributed by atoms with Crippen molar-refractivity contribution in [1.29, 1.82) is 0 Å². The first-order valence-electron chi connectivity index (χ1n) is 11.0. The third-order valence-corrected chi connectivity index (χ3v) is 6.43. The molecule has 1 amide bonds. The van der Waals surface area contributed by atoms with Gasteiger partial charge in [0.05, 0.1) is 23.4 Å². The van der Waals surface area contributed by atoms with Crippen molar-refractivity contribution in [3.8, 4) is 5.75 Å². The molecule has 33 heavy (non-hydrogen) atoms. The van der Waals surface area contributed by atoms with Gasteiger partial charge in [-0.15, -0.1) is 0 Å².